The second kappa shape index (κ2) is 39.6. The van der Waals surface area contributed by atoms with Gasteiger partial charge in [-0.05, 0) is 75.3 Å². The van der Waals surface area contributed by atoms with Crippen LogP contribution < -0.4 is 55.3 Å². The van der Waals surface area contributed by atoms with Crippen molar-refractivity contribution >= 4 is 70.6 Å². The minimum atomic E-state index is -1.66. The van der Waals surface area contributed by atoms with Gasteiger partial charge in [-0.1, -0.05) is 91.1 Å². The highest BCUT2D eigenvalue weighted by Crippen LogP contribution is 2.26. The van der Waals surface area contributed by atoms with Crippen LogP contribution in [0.2, 0.25) is 0 Å². The number of benzene rings is 1. The Morgan fingerprint density at radius 3 is 1.63 bits per heavy atom. The molecule has 1 fully saturated rings. The third-order valence-electron chi connectivity index (χ3n) is 15.8. The lowest BCUT2D eigenvalue weighted by molar-refractivity contribution is -0.141. The van der Waals surface area contributed by atoms with E-state index in [2.05, 4.69) is 36.6 Å². The lowest BCUT2D eigenvalue weighted by Gasteiger charge is -2.33. The van der Waals surface area contributed by atoms with Gasteiger partial charge >= 0.3 is 5.97 Å². The zero-order valence-corrected chi connectivity index (χ0v) is 50.4. The molecule has 5 amide bonds. The van der Waals surface area contributed by atoms with Gasteiger partial charge < -0.3 is 70.4 Å². The molecule has 25 heteroatoms. The van der Waals surface area contributed by atoms with Crippen molar-refractivity contribution in [1.82, 2.24) is 31.5 Å². The number of hydrogen-bond acceptors (Lipinski definition) is 15. The number of ketones is 4. The smallest absolute Gasteiger partial charge is 0.305 e. The van der Waals surface area contributed by atoms with Crippen LogP contribution in [-0.4, -0.2) is 162 Å². The molecule has 472 valence electrons. The topological polar surface area (TPSA) is 429 Å². The Balaban J connectivity index is 2.34. The van der Waals surface area contributed by atoms with Crippen LogP contribution >= 0.6 is 0 Å². The van der Waals surface area contributed by atoms with Gasteiger partial charge in [0.1, 0.15) is 6.04 Å². The van der Waals surface area contributed by atoms with Gasteiger partial charge in [-0.25, -0.2) is 0 Å². The fraction of sp³-hybridized carbons (Fsp3) is 0.695. The number of rotatable bonds is 43. The Labute approximate surface area is 495 Å². The molecule has 11 atom stereocenters. The van der Waals surface area contributed by atoms with Crippen molar-refractivity contribution in [1.29, 1.82) is 0 Å². The number of carboxylic acids is 1. The summed E-state index contributed by atoms with van der Waals surface area (Å²) in [5.74, 6) is -12.2. The molecule has 1 aliphatic rings. The number of aliphatic imine (C=N–C) groups is 2. The molecule has 1 heterocycles. The van der Waals surface area contributed by atoms with Crippen molar-refractivity contribution in [2.75, 3.05) is 52.4 Å². The van der Waals surface area contributed by atoms with Gasteiger partial charge in [0, 0.05) is 94.5 Å². The van der Waals surface area contributed by atoms with Gasteiger partial charge in [0.25, 0.3) is 0 Å². The minimum Gasteiger partial charge on any atom is -0.481 e. The molecule has 2 rings (SSSR count). The van der Waals surface area contributed by atoms with E-state index < -0.39 is 133 Å². The quantitative estimate of drug-likeness (QED) is 0.0244. The lowest BCUT2D eigenvalue weighted by atomic mass is 9.82. The molecule has 0 spiro atoms. The molecule has 1 aromatic rings. The van der Waals surface area contributed by atoms with Gasteiger partial charge in [0.05, 0.1) is 31.2 Å². The summed E-state index contributed by atoms with van der Waals surface area (Å²) in [4.78, 5) is 148. The van der Waals surface area contributed by atoms with E-state index in [1.807, 2.05) is 39.0 Å². The highest BCUT2D eigenvalue weighted by atomic mass is 16.4. The number of aliphatic carboxylic acids is 1. The third-order valence-corrected chi connectivity index (χ3v) is 15.8. The van der Waals surface area contributed by atoms with Gasteiger partial charge in [-0.15, -0.1) is 0 Å². The van der Waals surface area contributed by atoms with E-state index in [9.17, 15) is 58.2 Å². The number of carboxylic acid groups (broad SMARTS) is 1. The maximum absolute atomic E-state index is 14.4. The van der Waals surface area contributed by atoms with E-state index >= 15 is 0 Å². The molecule has 84 heavy (non-hydrogen) atoms. The number of guanidine groups is 2. The minimum absolute atomic E-state index is 0.0358. The number of piperazine rings is 1. The van der Waals surface area contributed by atoms with Crippen molar-refractivity contribution in [3.8, 4) is 0 Å². The van der Waals surface area contributed by atoms with E-state index in [-0.39, 0.29) is 80.6 Å². The van der Waals surface area contributed by atoms with Gasteiger partial charge in [0.2, 0.25) is 29.5 Å². The Morgan fingerprint density at radius 1 is 0.571 bits per heavy atom. The molecule has 0 saturated carbocycles. The molecule has 1 aliphatic heterocycles. The van der Waals surface area contributed by atoms with Gasteiger partial charge in [-0.2, -0.15) is 0 Å². The number of aliphatic hydroxyl groups is 1. The number of carbonyl (C=O) groups excluding carboxylic acids is 9. The molecular weight excluding hydrogens is 1080 g/mol. The Hall–Kier alpha value is -6.86. The van der Waals surface area contributed by atoms with E-state index in [4.69, 9.17) is 28.7 Å². The number of amides is 5. The summed E-state index contributed by atoms with van der Waals surface area (Å²) in [7, 11) is 0. The molecule has 25 nitrogen and oxygen atoms in total. The maximum Gasteiger partial charge on any atom is 0.305 e. The Kier molecular flexibility index (Phi) is 34.6. The second-order valence-corrected chi connectivity index (χ2v) is 22.3. The van der Waals surface area contributed by atoms with Crippen molar-refractivity contribution in [2.24, 2.45) is 80.1 Å². The first kappa shape index (κ1) is 73.2. The monoisotopic (exact) mass is 1180 g/mol. The van der Waals surface area contributed by atoms with E-state index in [1.165, 1.54) is 6.92 Å². The Bertz CT molecular complexity index is 2340. The first-order valence-electron chi connectivity index (χ1n) is 29.9. The molecule has 17 N–H and O–H groups in total. The third kappa shape index (κ3) is 26.8. The first-order chi connectivity index (χ1) is 39.9. The summed E-state index contributed by atoms with van der Waals surface area (Å²) < 4.78 is 0. The average Bonchev–Trinajstić information content (AvgIpc) is 3.56. The molecule has 0 radical (unpaired) electrons. The Morgan fingerprint density at radius 2 is 1.07 bits per heavy atom. The molecular formula is C59H99N13O12. The summed E-state index contributed by atoms with van der Waals surface area (Å²) in [5.41, 5.74) is 28.4. The summed E-state index contributed by atoms with van der Waals surface area (Å²) >= 11 is 0. The fourth-order valence-electron chi connectivity index (χ4n) is 10.1. The van der Waals surface area contributed by atoms with Gasteiger partial charge in [-0.3, -0.25) is 57.9 Å². The van der Waals surface area contributed by atoms with Crippen LogP contribution in [0.4, 0.5) is 0 Å². The van der Waals surface area contributed by atoms with Gasteiger partial charge in [0.15, 0.2) is 35.1 Å². The van der Waals surface area contributed by atoms with Crippen LogP contribution in [0, 0.1) is 41.4 Å². The predicted octanol–water partition coefficient (Wildman–Crippen LogP) is 0.743. The van der Waals surface area contributed by atoms with E-state index in [1.54, 1.807) is 30.9 Å². The summed E-state index contributed by atoms with van der Waals surface area (Å²) in [5, 5.41) is 34.3. The number of hydrogen-bond donors (Lipinski definition) is 12. The highest BCUT2D eigenvalue weighted by Gasteiger charge is 2.38. The number of nitrogens with two attached hydrogens (primary N) is 5. The fourth-order valence-corrected chi connectivity index (χ4v) is 10.1. The van der Waals surface area contributed by atoms with Crippen LogP contribution in [0.1, 0.15) is 143 Å². The van der Waals surface area contributed by atoms with Crippen LogP contribution in [0.25, 0.3) is 0 Å². The second-order valence-electron chi connectivity index (χ2n) is 22.3. The molecule has 0 aromatic heterocycles. The van der Waals surface area contributed by atoms with Crippen LogP contribution in [-0.2, 0) is 54.4 Å². The molecule has 0 unspecified atom stereocenters. The lowest BCUT2D eigenvalue weighted by Crippen LogP contribution is -2.51. The SMILES string of the molecule is CC[C@@H](CCCCN)C(=O)N[C@@H](CCCN=C(N)N)C(=O)C[C@@H](CCCN=C(N)N)C(=O)N[C@@H](CO)C(=O)C[C@@H](C)C(=O)N[C@@H](CC(=O)O)C(=O)C[C@H](C(=O)N[C@@H](Cc1ccccc1)C(=O)C[C@H](C(=O)N1CCNCC1)[C@@H](C)CC)[C@@H](C)CC. The van der Waals surface area contributed by atoms with Crippen LogP contribution in [0.3, 0.4) is 0 Å². The van der Waals surface area contributed by atoms with Crippen molar-refractivity contribution in [3.05, 3.63) is 35.9 Å². The zero-order chi connectivity index (χ0) is 62.9. The first-order valence-corrected chi connectivity index (χ1v) is 29.9. The number of unbranched alkanes of at least 4 members (excludes halogenated alkanes) is 1. The highest BCUT2D eigenvalue weighted by molar-refractivity contribution is 5.99. The molecule has 0 bridgehead atoms. The average molecular weight is 1180 g/mol. The summed E-state index contributed by atoms with van der Waals surface area (Å²) in [6.07, 6.45) is 1.76. The largest absolute Gasteiger partial charge is 0.481 e. The summed E-state index contributed by atoms with van der Waals surface area (Å²) in [6, 6.07) is 3.67. The van der Waals surface area contributed by atoms with Crippen LogP contribution in [0.15, 0.2) is 40.3 Å². The van der Waals surface area contributed by atoms with Crippen molar-refractivity contribution in [2.45, 2.75) is 168 Å². The molecule has 1 aromatic carbocycles. The van der Waals surface area contributed by atoms with E-state index in [0.29, 0.717) is 71.2 Å². The number of nitrogens with zero attached hydrogens (tertiary/aromatic N) is 3. The molecule has 1 saturated heterocycles. The number of Topliss-reactive ketones (excluding diaryl/α,β-unsaturated/α-hetero) is 4. The normalized spacial score (nSPS) is 16.3. The zero-order valence-electron chi connectivity index (χ0n) is 50.4. The maximum atomic E-state index is 14.4. The number of carbonyl (C=O) groups is 10. The van der Waals surface area contributed by atoms with Crippen molar-refractivity contribution in [3.63, 3.8) is 0 Å². The number of aliphatic hydroxyl groups excluding tert-OH is 1. The molecule has 0 aliphatic carbocycles. The summed E-state index contributed by atoms with van der Waals surface area (Å²) in [6.45, 7) is 12.7. The number of nitrogens with one attached hydrogen (secondary N) is 5. The standard InChI is InChI=1S/C59H99N13O12/c1-7-36(4)42(56(83)70-45(30-39-17-11-10-12-18-39)51(77)33-43(37(5)8-2)57(84)72-27-25-65-26-28-72)32-50(76)46(34-52(78)79)69-53(80)38(6)29-48(74)47(35-73)71-55(82)41(20-15-23-66-58(61)62)31-49(75)44(21-16-24-67-59(63)64)68-54(81)40(9-3)19-13-14-22-60/h10-12,17-18,36-38,40-47,65,73H,7-9,13-16,19-35,60H2,1-6H3,(H,68,81)(H,69,80)(H,70,83)(H,71,82)(H,78,79)(H4,61,62,66)(H4,63,64,67)/t36-,37-,38+,40-,41+,42-,43-,44-,45-,46-,47-/m0/s1. The van der Waals surface area contributed by atoms with Crippen LogP contribution in [0.5, 0.6) is 0 Å². The van der Waals surface area contributed by atoms with Crippen molar-refractivity contribution < 1.29 is 58.2 Å². The predicted molar refractivity (Wildman–Crippen MR) is 320 cm³/mol. The van der Waals surface area contributed by atoms with E-state index in [0.717, 1.165) is 12.0 Å².